The van der Waals surface area contributed by atoms with Crippen molar-refractivity contribution in [2.45, 2.75) is 25.0 Å². The molecular formula is C7H15NS. The first-order valence-electron chi connectivity index (χ1n) is 3.76. The lowest BCUT2D eigenvalue weighted by Crippen LogP contribution is -2.22. The first-order valence-corrected chi connectivity index (χ1v) is 4.80. The fourth-order valence-corrected chi connectivity index (χ4v) is 2.15. The van der Waals surface area contributed by atoms with Gasteiger partial charge in [-0.3, -0.25) is 0 Å². The molecule has 9 heavy (non-hydrogen) atoms. The van der Waals surface area contributed by atoms with Crippen LogP contribution < -0.4 is 5.32 Å². The third-order valence-electron chi connectivity index (χ3n) is 1.68. The molecule has 1 saturated heterocycles. The van der Waals surface area contributed by atoms with Crippen LogP contribution in [0.5, 0.6) is 0 Å². The van der Waals surface area contributed by atoms with Crippen LogP contribution in [0.1, 0.15) is 19.8 Å². The molecule has 0 aromatic carbocycles. The number of rotatable bonds is 1. The summed E-state index contributed by atoms with van der Waals surface area (Å²) < 4.78 is 0. The van der Waals surface area contributed by atoms with Gasteiger partial charge in [-0.15, -0.1) is 0 Å². The highest BCUT2D eigenvalue weighted by atomic mass is 32.2. The van der Waals surface area contributed by atoms with E-state index in [-0.39, 0.29) is 0 Å². The molecule has 54 valence electrons. The summed E-state index contributed by atoms with van der Waals surface area (Å²) in [4.78, 5) is 0. The van der Waals surface area contributed by atoms with Gasteiger partial charge in [0.2, 0.25) is 0 Å². The second-order valence-corrected chi connectivity index (χ2v) is 3.87. The van der Waals surface area contributed by atoms with E-state index < -0.39 is 0 Å². The van der Waals surface area contributed by atoms with Crippen LogP contribution in [0.4, 0.5) is 0 Å². The van der Waals surface area contributed by atoms with Crippen LogP contribution in [-0.2, 0) is 0 Å². The molecule has 1 atom stereocenters. The SMILES string of the molecule is CCC1CNCCCS1. The van der Waals surface area contributed by atoms with E-state index in [4.69, 9.17) is 0 Å². The van der Waals surface area contributed by atoms with E-state index in [1.165, 1.54) is 31.7 Å². The smallest absolute Gasteiger partial charge is 0.0169 e. The van der Waals surface area contributed by atoms with Gasteiger partial charge in [0, 0.05) is 11.8 Å². The summed E-state index contributed by atoms with van der Waals surface area (Å²) >= 11 is 2.12. The van der Waals surface area contributed by atoms with Crippen molar-refractivity contribution in [3.63, 3.8) is 0 Å². The van der Waals surface area contributed by atoms with Gasteiger partial charge in [0.25, 0.3) is 0 Å². The van der Waals surface area contributed by atoms with Crippen molar-refractivity contribution >= 4 is 11.8 Å². The second kappa shape index (κ2) is 4.18. The predicted octanol–water partition coefficient (Wildman–Crippen LogP) is 1.49. The molecule has 0 aromatic rings. The van der Waals surface area contributed by atoms with Crippen LogP contribution in [0.25, 0.3) is 0 Å². The van der Waals surface area contributed by atoms with Crippen LogP contribution >= 0.6 is 11.8 Å². The van der Waals surface area contributed by atoms with Crippen molar-refractivity contribution in [2.24, 2.45) is 0 Å². The van der Waals surface area contributed by atoms with Crippen LogP contribution in [0.15, 0.2) is 0 Å². The maximum Gasteiger partial charge on any atom is 0.0169 e. The summed E-state index contributed by atoms with van der Waals surface area (Å²) in [6.07, 6.45) is 2.67. The van der Waals surface area contributed by atoms with Gasteiger partial charge in [-0.1, -0.05) is 6.92 Å². The van der Waals surface area contributed by atoms with Crippen LogP contribution in [0, 0.1) is 0 Å². The van der Waals surface area contributed by atoms with Crippen molar-refractivity contribution < 1.29 is 0 Å². The van der Waals surface area contributed by atoms with E-state index in [0.29, 0.717) is 0 Å². The molecule has 0 aromatic heterocycles. The lowest BCUT2D eigenvalue weighted by atomic mass is 10.3. The molecule has 1 aliphatic rings. The van der Waals surface area contributed by atoms with Crippen LogP contribution in [-0.4, -0.2) is 24.1 Å². The van der Waals surface area contributed by atoms with Gasteiger partial charge in [-0.25, -0.2) is 0 Å². The maximum atomic E-state index is 3.43. The second-order valence-electron chi connectivity index (χ2n) is 2.46. The first-order chi connectivity index (χ1) is 4.43. The normalized spacial score (nSPS) is 29.7. The Balaban J connectivity index is 2.18. The van der Waals surface area contributed by atoms with Gasteiger partial charge in [-0.05, 0) is 25.1 Å². The third-order valence-corrected chi connectivity index (χ3v) is 3.17. The average Bonchev–Trinajstić information content (AvgIpc) is 2.13. The zero-order chi connectivity index (χ0) is 6.53. The highest BCUT2D eigenvalue weighted by Crippen LogP contribution is 2.16. The number of hydrogen-bond donors (Lipinski definition) is 1. The van der Waals surface area contributed by atoms with Crippen molar-refractivity contribution in [1.82, 2.24) is 5.32 Å². The molecule has 0 radical (unpaired) electrons. The lowest BCUT2D eigenvalue weighted by molar-refractivity contribution is 0.662. The van der Waals surface area contributed by atoms with Crippen molar-refractivity contribution in [3.05, 3.63) is 0 Å². The van der Waals surface area contributed by atoms with Crippen molar-refractivity contribution in [2.75, 3.05) is 18.8 Å². The molecule has 1 unspecified atom stereocenters. The molecule has 1 aliphatic heterocycles. The zero-order valence-corrected chi connectivity index (χ0v) is 6.84. The topological polar surface area (TPSA) is 12.0 Å². The number of hydrogen-bond acceptors (Lipinski definition) is 2. The van der Waals surface area contributed by atoms with Gasteiger partial charge in [0.05, 0.1) is 0 Å². The fraction of sp³-hybridized carbons (Fsp3) is 1.00. The van der Waals surface area contributed by atoms with Gasteiger partial charge in [0.15, 0.2) is 0 Å². The Morgan fingerprint density at radius 3 is 3.33 bits per heavy atom. The Kier molecular flexibility index (Phi) is 3.44. The van der Waals surface area contributed by atoms with Gasteiger partial charge >= 0.3 is 0 Å². The molecule has 0 spiro atoms. The minimum Gasteiger partial charge on any atom is -0.316 e. The van der Waals surface area contributed by atoms with E-state index in [0.717, 1.165) is 5.25 Å². The highest BCUT2D eigenvalue weighted by molar-refractivity contribution is 7.99. The van der Waals surface area contributed by atoms with E-state index in [2.05, 4.69) is 24.0 Å². The molecule has 0 amide bonds. The average molecular weight is 145 g/mol. The molecule has 1 nitrogen and oxygen atoms in total. The molecular weight excluding hydrogens is 130 g/mol. The monoisotopic (exact) mass is 145 g/mol. The van der Waals surface area contributed by atoms with E-state index in [1.54, 1.807) is 0 Å². The Hall–Kier alpha value is 0.310. The van der Waals surface area contributed by atoms with Crippen molar-refractivity contribution in [3.8, 4) is 0 Å². The zero-order valence-electron chi connectivity index (χ0n) is 6.02. The van der Waals surface area contributed by atoms with Crippen LogP contribution in [0.3, 0.4) is 0 Å². The summed E-state index contributed by atoms with van der Waals surface area (Å²) in [5.41, 5.74) is 0. The molecule has 1 fully saturated rings. The molecule has 1 rings (SSSR count). The predicted molar refractivity (Wildman–Crippen MR) is 44.0 cm³/mol. The minimum atomic E-state index is 0.882. The standard InChI is InChI=1S/C7H15NS/c1-2-7-6-8-4-3-5-9-7/h7-8H,2-6H2,1H3. The highest BCUT2D eigenvalue weighted by Gasteiger charge is 2.08. The summed E-state index contributed by atoms with van der Waals surface area (Å²) in [7, 11) is 0. The fourth-order valence-electron chi connectivity index (χ4n) is 1.03. The Morgan fingerprint density at radius 1 is 1.67 bits per heavy atom. The van der Waals surface area contributed by atoms with E-state index in [1.807, 2.05) is 0 Å². The molecule has 1 heterocycles. The van der Waals surface area contributed by atoms with E-state index >= 15 is 0 Å². The first kappa shape index (κ1) is 7.42. The Morgan fingerprint density at radius 2 is 2.56 bits per heavy atom. The summed E-state index contributed by atoms with van der Waals surface area (Å²) in [6, 6.07) is 0. The summed E-state index contributed by atoms with van der Waals surface area (Å²) in [6.45, 7) is 4.72. The van der Waals surface area contributed by atoms with Crippen molar-refractivity contribution in [1.29, 1.82) is 0 Å². The minimum absolute atomic E-state index is 0.882. The molecule has 0 bridgehead atoms. The van der Waals surface area contributed by atoms with Gasteiger partial charge in [0.1, 0.15) is 0 Å². The molecule has 0 aliphatic carbocycles. The van der Waals surface area contributed by atoms with E-state index in [9.17, 15) is 0 Å². The number of nitrogens with one attached hydrogen (secondary N) is 1. The van der Waals surface area contributed by atoms with Gasteiger partial charge in [-0.2, -0.15) is 11.8 Å². The Bertz CT molecular complexity index is 67.3. The van der Waals surface area contributed by atoms with Gasteiger partial charge < -0.3 is 5.32 Å². The number of thioether (sulfide) groups is 1. The van der Waals surface area contributed by atoms with Crippen LogP contribution in [0.2, 0.25) is 0 Å². The Labute approximate surface area is 61.6 Å². The largest absolute Gasteiger partial charge is 0.316 e. The molecule has 2 heteroatoms. The summed E-state index contributed by atoms with van der Waals surface area (Å²) in [5, 5.41) is 4.31. The molecule has 0 saturated carbocycles. The summed E-state index contributed by atoms with van der Waals surface area (Å²) in [5.74, 6) is 1.35. The lowest BCUT2D eigenvalue weighted by Gasteiger charge is -2.08. The molecule has 1 N–H and O–H groups in total. The quantitative estimate of drug-likeness (QED) is 0.600. The third kappa shape index (κ3) is 2.59. The maximum absolute atomic E-state index is 3.43.